The number of hydrogen-bond acceptors (Lipinski definition) is 3. The SMILES string of the molecule is CN(C)CCCOC(C)(C1=NC=C[N+]1(C)C)c1ccc(F)cc1. The van der Waals surface area contributed by atoms with Crippen molar-refractivity contribution < 1.29 is 13.6 Å². The fourth-order valence-corrected chi connectivity index (χ4v) is 2.87. The van der Waals surface area contributed by atoms with Gasteiger partial charge in [0.1, 0.15) is 12.0 Å². The number of likely N-dealkylation sites (N-methyl/N-ethyl adjacent to an activating group) is 1. The van der Waals surface area contributed by atoms with E-state index in [9.17, 15) is 4.39 Å². The number of rotatable bonds is 7. The summed E-state index contributed by atoms with van der Waals surface area (Å²) in [6, 6.07) is 6.50. The summed E-state index contributed by atoms with van der Waals surface area (Å²) in [6.07, 6.45) is 4.75. The highest BCUT2D eigenvalue weighted by Gasteiger charge is 2.45. The first-order valence-corrected chi connectivity index (χ1v) is 7.91. The Morgan fingerprint density at radius 2 is 1.87 bits per heavy atom. The maximum atomic E-state index is 13.3. The van der Waals surface area contributed by atoms with E-state index in [0.29, 0.717) is 11.1 Å². The summed E-state index contributed by atoms with van der Waals surface area (Å²) >= 11 is 0. The third kappa shape index (κ3) is 4.05. The van der Waals surface area contributed by atoms with Gasteiger partial charge in [-0.25, -0.2) is 9.38 Å². The zero-order valence-electron chi connectivity index (χ0n) is 14.7. The molecule has 0 spiro atoms. The van der Waals surface area contributed by atoms with E-state index >= 15 is 0 Å². The van der Waals surface area contributed by atoms with Crippen molar-refractivity contribution in [3.8, 4) is 0 Å². The molecule has 0 aliphatic carbocycles. The minimum Gasteiger partial charge on any atom is -0.358 e. The van der Waals surface area contributed by atoms with Gasteiger partial charge in [-0.1, -0.05) is 12.1 Å². The summed E-state index contributed by atoms with van der Waals surface area (Å²) in [5.74, 6) is 0.651. The molecule has 1 aromatic rings. The zero-order valence-corrected chi connectivity index (χ0v) is 14.7. The molecule has 4 nitrogen and oxygen atoms in total. The number of quaternary nitrogens is 1. The minimum atomic E-state index is -0.687. The van der Waals surface area contributed by atoms with Gasteiger partial charge >= 0.3 is 0 Å². The predicted molar refractivity (Wildman–Crippen MR) is 91.6 cm³/mol. The third-order valence-electron chi connectivity index (χ3n) is 4.14. The van der Waals surface area contributed by atoms with Crippen LogP contribution in [0, 0.1) is 5.82 Å². The van der Waals surface area contributed by atoms with Crippen molar-refractivity contribution in [2.45, 2.75) is 18.9 Å². The summed E-state index contributed by atoms with van der Waals surface area (Å²) < 4.78 is 20.1. The molecule has 0 amide bonds. The second kappa shape index (κ2) is 6.91. The van der Waals surface area contributed by atoms with E-state index in [1.54, 1.807) is 18.3 Å². The molecule has 0 saturated carbocycles. The molecule has 0 N–H and O–H groups in total. The standard InChI is InChI=1S/C18H27FN3O/c1-18(23-14-6-12-21(2)3,15-7-9-16(19)10-8-15)17-20-11-13-22(17,4)5/h7-11,13H,6,12,14H2,1-5H3/q+1. The summed E-state index contributed by atoms with van der Waals surface area (Å²) in [5.41, 5.74) is 0.227. The van der Waals surface area contributed by atoms with Gasteiger partial charge in [-0.05, 0) is 51.7 Å². The van der Waals surface area contributed by atoms with Crippen LogP contribution >= 0.6 is 0 Å². The Bertz CT molecular complexity index is 593. The first kappa shape index (κ1) is 17.8. The second-order valence-electron chi connectivity index (χ2n) is 6.84. The van der Waals surface area contributed by atoms with Crippen LogP contribution in [0.5, 0.6) is 0 Å². The molecule has 126 valence electrons. The van der Waals surface area contributed by atoms with E-state index in [1.807, 2.05) is 27.2 Å². The first-order valence-electron chi connectivity index (χ1n) is 7.91. The smallest absolute Gasteiger partial charge is 0.244 e. The number of nitrogens with zero attached hydrogens (tertiary/aromatic N) is 3. The molecule has 0 radical (unpaired) electrons. The number of hydrogen-bond donors (Lipinski definition) is 0. The molecule has 1 aliphatic rings. The number of benzene rings is 1. The third-order valence-corrected chi connectivity index (χ3v) is 4.14. The average molecular weight is 320 g/mol. The summed E-state index contributed by atoms with van der Waals surface area (Å²) in [5, 5.41) is 0. The molecule has 1 atom stereocenters. The molecule has 0 fully saturated rings. The lowest BCUT2D eigenvalue weighted by Crippen LogP contribution is -2.51. The largest absolute Gasteiger partial charge is 0.358 e. The topological polar surface area (TPSA) is 24.8 Å². The van der Waals surface area contributed by atoms with Crippen LogP contribution in [0.3, 0.4) is 0 Å². The maximum absolute atomic E-state index is 13.3. The fourth-order valence-electron chi connectivity index (χ4n) is 2.87. The van der Waals surface area contributed by atoms with Gasteiger partial charge < -0.3 is 9.64 Å². The van der Waals surface area contributed by atoms with E-state index in [2.05, 4.69) is 24.0 Å². The highest BCUT2D eigenvalue weighted by Crippen LogP contribution is 2.33. The molecule has 1 unspecified atom stereocenters. The van der Waals surface area contributed by atoms with Crippen LogP contribution in [0.1, 0.15) is 18.9 Å². The van der Waals surface area contributed by atoms with E-state index in [4.69, 9.17) is 4.74 Å². The highest BCUT2D eigenvalue weighted by atomic mass is 19.1. The van der Waals surface area contributed by atoms with Crippen LogP contribution in [-0.2, 0) is 10.3 Å². The fraction of sp³-hybridized carbons (Fsp3) is 0.500. The quantitative estimate of drug-likeness (QED) is 0.570. The van der Waals surface area contributed by atoms with Gasteiger partial charge in [0.15, 0.2) is 5.60 Å². The molecule has 1 heterocycles. The van der Waals surface area contributed by atoms with Crippen molar-refractivity contribution in [3.05, 3.63) is 48.0 Å². The van der Waals surface area contributed by atoms with Gasteiger partial charge in [0.25, 0.3) is 0 Å². The molecular formula is C18H27FN3O+. The lowest BCUT2D eigenvalue weighted by atomic mass is 9.92. The van der Waals surface area contributed by atoms with Gasteiger partial charge in [0.2, 0.25) is 5.84 Å². The van der Waals surface area contributed by atoms with E-state index in [-0.39, 0.29) is 5.82 Å². The number of amidine groups is 1. The van der Waals surface area contributed by atoms with Crippen molar-refractivity contribution in [2.75, 3.05) is 41.3 Å². The van der Waals surface area contributed by atoms with Gasteiger partial charge in [-0.2, -0.15) is 0 Å². The highest BCUT2D eigenvalue weighted by molar-refractivity contribution is 5.87. The van der Waals surface area contributed by atoms with Crippen LogP contribution < -0.4 is 0 Å². The molecule has 0 saturated heterocycles. The lowest BCUT2D eigenvalue weighted by Gasteiger charge is -2.35. The van der Waals surface area contributed by atoms with E-state index in [0.717, 1.165) is 24.4 Å². The molecule has 1 aromatic carbocycles. The summed E-state index contributed by atoms with van der Waals surface area (Å²) in [7, 11) is 8.22. The van der Waals surface area contributed by atoms with Crippen LogP contribution in [-0.4, -0.2) is 56.6 Å². The molecule has 0 aromatic heterocycles. The van der Waals surface area contributed by atoms with Gasteiger partial charge in [-0.15, -0.1) is 0 Å². The van der Waals surface area contributed by atoms with E-state index in [1.165, 1.54) is 12.1 Å². The normalized spacial score (nSPS) is 19.0. The van der Waals surface area contributed by atoms with Crippen molar-refractivity contribution in [1.29, 1.82) is 0 Å². The Morgan fingerprint density at radius 3 is 2.39 bits per heavy atom. The average Bonchev–Trinajstić information content (AvgIpc) is 2.84. The Hall–Kier alpha value is -1.56. The minimum absolute atomic E-state index is 0.246. The van der Waals surface area contributed by atoms with Gasteiger partial charge in [-0.3, -0.25) is 4.48 Å². The summed E-state index contributed by atoms with van der Waals surface area (Å²) in [6.45, 7) is 3.59. The summed E-state index contributed by atoms with van der Waals surface area (Å²) in [4.78, 5) is 6.68. The molecular weight excluding hydrogens is 293 g/mol. The monoisotopic (exact) mass is 320 g/mol. The number of aliphatic imine (C=N–C) groups is 1. The predicted octanol–water partition coefficient (Wildman–Crippen LogP) is 2.97. The van der Waals surface area contributed by atoms with Crippen LogP contribution in [0.15, 0.2) is 41.7 Å². The van der Waals surface area contributed by atoms with Crippen molar-refractivity contribution in [1.82, 2.24) is 4.90 Å². The Morgan fingerprint density at radius 1 is 1.22 bits per heavy atom. The first-order chi connectivity index (χ1) is 10.8. The zero-order chi connectivity index (χ0) is 17.1. The molecule has 2 rings (SSSR count). The molecule has 23 heavy (non-hydrogen) atoms. The van der Waals surface area contributed by atoms with Gasteiger partial charge in [0.05, 0.1) is 20.3 Å². The molecule has 5 heteroatoms. The van der Waals surface area contributed by atoms with E-state index < -0.39 is 5.60 Å². The maximum Gasteiger partial charge on any atom is 0.244 e. The van der Waals surface area contributed by atoms with Gasteiger partial charge in [0, 0.05) is 6.61 Å². The molecule has 1 aliphatic heterocycles. The Kier molecular flexibility index (Phi) is 5.34. The lowest BCUT2D eigenvalue weighted by molar-refractivity contribution is -0.745. The number of ether oxygens (including phenoxy) is 1. The Balaban J connectivity index is 2.26. The van der Waals surface area contributed by atoms with Crippen molar-refractivity contribution in [3.63, 3.8) is 0 Å². The molecule has 0 bridgehead atoms. The van der Waals surface area contributed by atoms with Crippen molar-refractivity contribution in [2.24, 2.45) is 4.99 Å². The van der Waals surface area contributed by atoms with Crippen LogP contribution in [0.25, 0.3) is 0 Å². The second-order valence-corrected chi connectivity index (χ2v) is 6.84. The van der Waals surface area contributed by atoms with Crippen molar-refractivity contribution >= 4 is 5.84 Å². The Labute approximate surface area is 138 Å². The van der Waals surface area contributed by atoms with Crippen LogP contribution in [0.2, 0.25) is 0 Å². The van der Waals surface area contributed by atoms with Crippen LogP contribution in [0.4, 0.5) is 4.39 Å². The number of halogens is 1.